The number of para-hydroxylation sites is 2. The summed E-state index contributed by atoms with van der Waals surface area (Å²) in [5, 5.41) is 8.93. The third-order valence-corrected chi connectivity index (χ3v) is 3.04. The molecule has 0 spiro atoms. The van der Waals surface area contributed by atoms with E-state index in [1.807, 2.05) is 31.2 Å². The van der Waals surface area contributed by atoms with E-state index in [0.29, 0.717) is 48.4 Å². The topological polar surface area (TPSA) is 60.7 Å². The first-order chi connectivity index (χ1) is 11.3. The minimum absolute atomic E-state index is 0.351. The first-order valence-corrected chi connectivity index (χ1v) is 7.34. The molecule has 5 heteroatoms. The zero-order valence-corrected chi connectivity index (χ0v) is 13.2. The summed E-state index contributed by atoms with van der Waals surface area (Å²) in [4.78, 5) is 0. The van der Waals surface area contributed by atoms with Crippen LogP contribution < -0.4 is 18.9 Å². The molecule has 2 aromatic carbocycles. The summed E-state index contributed by atoms with van der Waals surface area (Å²) in [6.07, 6.45) is 0. The fourth-order valence-corrected chi connectivity index (χ4v) is 2.01. The number of hydrogen-bond donors (Lipinski definition) is 0. The van der Waals surface area contributed by atoms with Gasteiger partial charge in [0.15, 0.2) is 23.0 Å². The highest BCUT2D eigenvalue weighted by Crippen LogP contribution is 2.29. The molecule has 0 radical (unpaired) electrons. The molecular weight excluding hydrogens is 294 g/mol. The summed E-state index contributed by atoms with van der Waals surface area (Å²) < 4.78 is 22.1. The SMILES string of the molecule is CCOc1cc(C#N)ccc1OCCOc1ccccc1OC. The average molecular weight is 313 g/mol. The minimum atomic E-state index is 0.351. The van der Waals surface area contributed by atoms with Crippen molar-refractivity contribution in [2.75, 3.05) is 26.9 Å². The van der Waals surface area contributed by atoms with Crippen molar-refractivity contribution in [1.29, 1.82) is 5.26 Å². The van der Waals surface area contributed by atoms with Crippen LogP contribution in [0.3, 0.4) is 0 Å². The smallest absolute Gasteiger partial charge is 0.162 e. The Labute approximate surface area is 136 Å². The summed E-state index contributed by atoms with van der Waals surface area (Å²) in [6, 6.07) is 14.6. The van der Waals surface area contributed by atoms with Crippen LogP contribution in [-0.2, 0) is 0 Å². The van der Waals surface area contributed by atoms with E-state index >= 15 is 0 Å². The number of rotatable bonds is 8. The molecule has 0 saturated carbocycles. The predicted molar refractivity (Wildman–Crippen MR) is 86.3 cm³/mol. The molecule has 0 bridgehead atoms. The zero-order valence-electron chi connectivity index (χ0n) is 13.2. The second kappa shape index (κ2) is 8.54. The van der Waals surface area contributed by atoms with Gasteiger partial charge in [-0.05, 0) is 31.2 Å². The molecule has 0 atom stereocenters. The minimum Gasteiger partial charge on any atom is -0.493 e. The van der Waals surface area contributed by atoms with E-state index in [0.717, 1.165) is 0 Å². The lowest BCUT2D eigenvalue weighted by Crippen LogP contribution is -2.10. The third kappa shape index (κ3) is 4.55. The first kappa shape index (κ1) is 16.5. The van der Waals surface area contributed by atoms with Crippen molar-refractivity contribution in [3.8, 4) is 29.1 Å². The standard InChI is InChI=1S/C18H19NO4/c1-3-21-18-12-14(13-19)8-9-17(18)23-11-10-22-16-7-5-4-6-15(16)20-2/h4-9,12H,3,10-11H2,1-2H3. The molecule has 0 N–H and O–H groups in total. The Balaban J connectivity index is 1.92. The summed E-state index contributed by atoms with van der Waals surface area (Å²) in [5.41, 5.74) is 0.533. The van der Waals surface area contributed by atoms with Crippen molar-refractivity contribution in [2.45, 2.75) is 6.92 Å². The lowest BCUT2D eigenvalue weighted by molar-refractivity contribution is 0.203. The zero-order chi connectivity index (χ0) is 16.5. The monoisotopic (exact) mass is 313 g/mol. The lowest BCUT2D eigenvalue weighted by Gasteiger charge is -2.13. The summed E-state index contributed by atoms with van der Waals surface area (Å²) >= 11 is 0. The van der Waals surface area contributed by atoms with E-state index in [9.17, 15) is 0 Å². The van der Waals surface area contributed by atoms with Crippen molar-refractivity contribution in [3.63, 3.8) is 0 Å². The highest BCUT2D eigenvalue weighted by atomic mass is 16.5. The van der Waals surface area contributed by atoms with Crippen molar-refractivity contribution >= 4 is 0 Å². The highest BCUT2D eigenvalue weighted by Gasteiger charge is 2.07. The van der Waals surface area contributed by atoms with Gasteiger partial charge in [-0.1, -0.05) is 12.1 Å². The number of nitrogens with zero attached hydrogens (tertiary/aromatic N) is 1. The van der Waals surface area contributed by atoms with Gasteiger partial charge in [-0.2, -0.15) is 5.26 Å². The molecule has 0 aliphatic carbocycles. The Morgan fingerprint density at radius 2 is 1.52 bits per heavy atom. The van der Waals surface area contributed by atoms with E-state index in [1.54, 1.807) is 25.3 Å². The predicted octanol–water partition coefficient (Wildman–Crippen LogP) is 3.42. The Hall–Kier alpha value is -2.87. The Morgan fingerprint density at radius 1 is 0.870 bits per heavy atom. The van der Waals surface area contributed by atoms with Gasteiger partial charge in [0.05, 0.1) is 25.3 Å². The third-order valence-electron chi connectivity index (χ3n) is 3.04. The molecule has 0 saturated heterocycles. The quantitative estimate of drug-likeness (QED) is 0.699. The number of methoxy groups -OCH3 is 1. The Morgan fingerprint density at radius 3 is 2.13 bits per heavy atom. The maximum Gasteiger partial charge on any atom is 0.162 e. The van der Waals surface area contributed by atoms with Gasteiger partial charge in [0.1, 0.15) is 13.2 Å². The van der Waals surface area contributed by atoms with Gasteiger partial charge >= 0.3 is 0 Å². The van der Waals surface area contributed by atoms with Gasteiger partial charge < -0.3 is 18.9 Å². The van der Waals surface area contributed by atoms with E-state index in [4.69, 9.17) is 24.2 Å². The average Bonchev–Trinajstić information content (AvgIpc) is 2.60. The van der Waals surface area contributed by atoms with Gasteiger partial charge in [-0.3, -0.25) is 0 Å². The summed E-state index contributed by atoms with van der Waals surface area (Å²) in [7, 11) is 1.60. The van der Waals surface area contributed by atoms with Gasteiger partial charge in [-0.25, -0.2) is 0 Å². The number of nitriles is 1. The van der Waals surface area contributed by atoms with Crippen molar-refractivity contribution in [2.24, 2.45) is 0 Å². The van der Waals surface area contributed by atoms with Crippen molar-refractivity contribution in [3.05, 3.63) is 48.0 Å². The Kier molecular flexibility index (Phi) is 6.13. The largest absolute Gasteiger partial charge is 0.493 e. The fourth-order valence-electron chi connectivity index (χ4n) is 2.01. The molecule has 120 valence electrons. The van der Waals surface area contributed by atoms with E-state index in [2.05, 4.69) is 6.07 Å². The summed E-state index contributed by atoms with van der Waals surface area (Å²) in [5.74, 6) is 2.50. The molecule has 0 aliphatic heterocycles. The molecule has 23 heavy (non-hydrogen) atoms. The van der Waals surface area contributed by atoms with Crippen LogP contribution in [-0.4, -0.2) is 26.9 Å². The van der Waals surface area contributed by atoms with Crippen LogP contribution in [0.4, 0.5) is 0 Å². The van der Waals surface area contributed by atoms with Crippen LogP contribution in [0.15, 0.2) is 42.5 Å². The van der Waals surface area contributed by atoms with Crippen molar-refractivity contribution in [1.82, 2.24) is 0 Å². The molecular formula is C18H19NO4. The normalized spacial score (nSPS) is 9.78. The van der Waals surface area contributed by atoms with Crippen LogP contribution in [0.25, 0.3) is 0 Å². The van der Waals surface area contributed by atoms with E-state index in [-0.39, 0.29) is 0 Å². The molecule has 0 fully saturated rings. The first-order valence-electron chi connectivity index (χ1n) is 7.34. The Bertz CT molecular complexity index is 679. The van der Waals surface area contributed by atoms with Crippen LogP contribution in [0.1, 0.15) is 12.5 Å². The number of ether oxygens (including phenoxy) is 4. The van der Waals surface area contributed by atoms with Crippen molar-refractivity contribution < 1.29 is 18.9 Å². The molecule has 0 aromatic heterocycles. The molecule has 2 aromatic rings. The number of benzene rings is 2. The maximum atomic E-state index is 8.93. The molecule has 0 aliphatic rings. The molecule has 0 unspecified atom stereocenters. The van der Waals surface area contributed by atoms with E-state index < -0.39 is 0 Å². The van der Waals surface area contributed by atoms with Crippen LogP contribution in [0.2, 0.25) is 0 Å². The second-order valence-electron chi connectivity index (χ2n) is 4.55. The highest BCUT2D eigenvalue weighted by molar-refractivity contribution is 5.46. The molecule has 0 amide bonds. The molecule has 0 heterocycles. The summed E-state index contributed by atoms with van der Waals surface area (Å²) in [6.45, 7) is 3.10. The molecule has 5 nitrogen and oxygen atoms in total. The number of hydrogen-bond acceptors (Lipinski definition) is 5. The van der Waals surface area contributed by atoms with Crippen LogP contribution in [0.5, 0.6) is 23.0 Å². The molecule has 2 rings (SSSR count). The van der Waals surface area contributed by atoms with Gasteiger partial charge in [0.2, 0.25) is 0 Å². The maximum absolute atomic E-state index is 8.93. The fraction of sp³-hybridized carbons (Fsp3) is 0.278. The van der Waals surface area contributed by atoms with Gasteiger partial charge in [0, 0.05) is 6.07 Å². The van der Waals surface area contributed by atoms with Crippen LogP contribution >= 0.6 is 0 Å². The second-order valence-corrected chi connectivity index (χ2v) is 4.55. The lowest BCUT2D eigenvalue weighted by atomic mass is 10.2. The van der Waals surface area contributed by atoms with Gasteiger partial charge in [0.25, 0.3) is 0 Å². The van der Waals surface area contributed by atoms with Gasteiger partial charge in [-0.15, -0.1) is 0 Å². The van der Waals surface area contributed by atoms with E-state index in [1.165, 1.54) is 0 Å². The van der Waals surface area contributed by atoms with Crippen LogP contribution in [0, 0.1) is 11.3 Å².